The van der Waals surface area contributed by atoms with Crippen LogP contribution in [0.15, 0.2) is 0 Å². The van der Waals surface area contributed by atoms with Crippen LogP contribution in [-0.2, 0) is 4.79 Å². The van der Waals surface area contributed by atoms with E-state index in [1.54, 1.807) is 6.92 Å². The van der Waals surface area contributed by atoms with Crippen LogP contribution in [0.25, 0.3) is 0 Å². The van der Waals surface area contributed by atoms with Crippen LogP contribution in [0, 0.1) is 0 Å². The number of halogens is 3. The van der Waals surface area contributed by atoms with Crippen molar-refractivity contribution in [2.75, 3.05) is 32.7 Å². The lowest BCUT2D eigenvalue weighted by atomic mass is 10.1. The maximum atomic E-state index is 12.4. The van der Waals surface area contributed by atoms with E-state index in [-0.39, 0.29) is 43.7 Å². The fourth-order valence-corrected chi connectivity index (χ4v) is 2.38. The Morgan fingerprint density at radius 3 is 2.26 bits per heavy atom. The molecule has 0 bridgehead atoms. The molecule has 0 unspecified atom stereocenters. The second-order valence-electron chi connectivity index (χ2n) is 6.84. The molecule has 0 aromatic carbocycles. The molecule has 1 fully saturated rings. The van der Waals surface area contributed by atoms with Crippen molar-refractivity contribution in [1.29, 1.82) is 0 Å². The van der Waals surface area contributed by atoms with Gasteiger partial charge in [0.2, 0.25) is 5.91 Å². The van der Waals surface area contributed by atoms with Crippen molar-refractivity contribution in [3.8, 4) is 0 Å². The summed E-state index contributed by atoms with van der Waals surface area (Å²) in [6, 6.07) is -0.827. The second-order valence-corrected chi connectivity index (χ2v) is 6.84. The highest BCUT2D eigenvalue weighted by Gasteiger charge is 2.35. The number of rotatable bonds is 3. The molecule has 1 saturated heterocycles. The molecular weight excluding hydrogens is 313 g/mol. The van der Waals surface area contributed by atoms with Crippen LogP contribution in [0.1, 0.15) is 27.7 Å². The van der Waals surface area contributed by atoms with Gasteiger partial charge in [-0.25, -0.2) is 4.79 Å². The van der Waals surface area contributed by atoms with Crippen molar-refractivity contribution in [1.82, 2.24) is 20.4 Å². The topological polar surface area (TPSA) is 64.7 Å². The summed E-state index contributed by atoms with van der Waals surface area (Å²) in [5.74, 6) is -0.311. The van der Waals surface area contributed by atoms with Gasteiger partial charge in [0.05, 0.1) is 13.1 Å². The third-order valence-electron chi connectivity index (χ3n) is 3.35. The fraction of sp³-hybridized carbons (Fsp3) is 0.857. The highest BCUT2D eigenvalue weighted by atomic mass is 19.4. The van der Waals surface area contributed by atoms with E-state index >= 15 is 0 Å². The minimum Gasteiger partial charge on any atom is -0.350 e. The van der Waals surface area contributed by atoms with Gasteiger partial charge < -0.3 is 15.5 Å². The van der Waals surface area contributed by atoms with E-state index in [1.807, 2.05) is 20.8 Å². The van der Waals surface area contributed by atoms with Crippen LogP contribution in [-0.4, -0.2) is 72.2 Å². The molecule has 6 nitrogen and oxygen atoms in total. The number of hydrogen-bond acceptors (Lipinski definition) is 3. The summed E-state index contributed by atoms with van der Waals surface area (Å²) >= 11 is 0. The predicted molar refractivity (Wildman–Crippen MR) is 80.0 cm³/mol. The lowest BCUT2D eigenvalue weighted by molar-refractivity contribution is -0.153. The summed E-state index contributed by atoms with van der Waals surface area (Å²) in [5, 5.41) is 5.21. The Morgan fingerprint density at radius 1 is 1.17 bits per heavy atom. The normalized spacial score (nSPS) is 20.3. The molecule has 1 rings (SSSR count). The van der Waals surface area contributed by atoms with Crippen molar-refractivity contribution in [3.05, 3.63) is 0 Å². The van der Waals surface area contributed by atoms with E-state index in [4.69, 9.17) is 0 Å². The first kappa shape index (κ1) is 19.5. The van der Waals surface area contributed by atoms with Crippen molar-refractivity contribution in [2.24, 2.45) is 0 Å². The average Bonchev–Trinajstić information content (AvgIpc) is 2.35. The molecule has 23 heavy (non-hydrogen) atoms. The molecule has 9 heteroatoms. The number of piperazine rings is 1. The highest BCUT2D eigenvalue weighted by molar-refractivity contribution is 5.84. The molecule has 1 aliphatic rings. The summed E-state index contributed by atoms with van der Waals surface area (Å²) in [5.41, 5.74) is -0.389. The largest absolute Gasteiger partial charge is 0.401 e. The van der Waals surface area contributed by atoms with Gasteiger partial charge in [0.1, 0.15) is 0 Å². The molecule has 0 aromatic heterocycles. The van der Waals surface area contributed by atoms with E-state index in [0.29, 0.717) is 0 Å². The van der Waals surface area contributed by atoms with Gasteiger partial charge in [0, 0.05) is 31.2 Å². The quantitative estimate of drug-likeness (QED) is 0.812. The number of nitrogens with one attached hydrogen (secondary N) is 2. The Labute approximate surface area is 134 Å². The van der Waals surface area contributed by atoms with Gasteiger partial charge in [-0.05, 0) is 27.7 Å². The van der Waals surface area contributed by atoms with Crippen LogP contribution in [0.2, 0.25) is 0 Å². The van der Waals surface area contributed by atoms with Crippen LogP contribution in [0.4, 0.5) is 18.0 Å². The van der Waals surface area contributed by atoms with Gasteiger partial charge in [-0.2, -0.15) is 13.2 Å². The summed E-state index contributed by atoms with van der Waals surface area (Å²) in [7, 11) is 0. The number of carbonyl (C=O) groups excluding carboxylic acids is 2. The molecule has 1 atom stereocenters. The highest BCUT2D eigenvalue weighted by Crippen LogP contribution is 2.20. The number of alkyl halides is 3. The van der Waals surface area contributed by atoms with Crippen LogP contribution < -0.4 is 10.6 Å². The Hall–Kier alpha value is -1.51. The van der Waals surface area contributed by atoms with Gasteiger partial charge in [-0.3, -0.25) is 9.69 Å². The number of carbonyl (C=O) groups is 2. The molecule has 0 aromatic rings. The monoisotopic (exact) mass is 338 g/mol. The molecule has 1 heterocycles. The maximum Gasteiger partial charge on any atom is 0.401 e. The first-order valence-corrected chi connectivity index (χ1v) is 7.52. The number of hydrogen-bond donors (Lipinski definition) is 2. The average molecular weight is 338 g/mol. The zero-order valence-electron chi connectivity index (χ0n) is 14.0. The van der Waals surface area contributed by atoms with E-state index in [9.17, 15) is 22.8 Å². The van der Waals surface area contributed by atoms with Crippen molar-refractivity contribution in [3.63, 3.8) is 0 Å². The zero-order chi connectivity index (χ0) is 17.8. The van der Waals surface area contributed by atoms with Gasteiger partial charge in [-0.1, -0.05) is 0 Å². The first-order chi connectivity index (χ1) is 10.4. The maximum absolute atomic E-state index is 12.4. The Morgan fingerprint density at radius 2 is 1.78 bits per heavy atom. The van der Waals surface area contributed by atoms with Crippen LogP contribution in [0.3, 0.4) is 0 Å². The van der Waals surface area contributed by atoms with Crippen molar-refractivity contribution >= 4 is 11.9 Å². The number of urea groups is 1. The summed E-state index contributed by atoms with van der Waals surface area (Å²) in [4.78, 5) is 26.4. The van der Waals surface area contributed by atoms with Crippen molar-refractivity contribution < 1.29 is 22.8 Å². The minimum atomic E-state index is -4.25. The van der Waals surface area contributed by atoms with Gasteiger partial charge >= 0.3 is 12.2 Å². The van der Waals surface area contributed by atoms with Gasteiger partial charge in [0.15, 0.2) is 0 Å². The minimum absolute atomic E-state index is 0.155. The molecule has 1 aliphatic heterocycles. The summed E-state index contributed by atoms with van der Waals surface area (Å²) in [6.45, 7) is 6.55. The fourth-order valence-electron chi connectivity index (χ4n) is 2.38. The zero-order valence-corrected chi connectivity index (χ0v) is 14.0. The second kappa shape index (κ2) is 7.37. The third-order valence-corrected chi connectivity index (χ3v) is 3.35. The van der Waals surface area contributed by atoms with Crippen molar-refractivity contribution in [2.45, 2.75) is 45.5 Å². The first-order valence-electron chi connectivity index (χ1n) is 7.52. The Balaban J connectivity index is 2.41. The predicted octanol–water partition coefficient (Wildman–Crippen LogP) is 1.18. The Bertz CT molecular complexity index is 435. The summed E-state index contributed by atoms with van der Waals surface area (Å²) < 4.78 is 37.3. The Kier molecular flexibility index (Phi) is 6.26. The number of amides is 3. The molecule has 0 radical (unpaired) electrons. The van der Waals surface area contributed by atoms with Gasteiger partial charge in [-0.15, -0.1) is 0 Å². The van der Waals surface area contributed by atoms with E-state index < -0.39 is 18.8 Å². The lowest BCUT2D eigenvalue weighted by Crippen LogP contribution is -2.58. The van der Waals surface area contributed by atoms with Crippen LogP contribution in [0.5, 0.6) is 0 Å². The molecule has 0 aliphatic carbocycles. The molecule has 2 N–H and O–H groups in total. The standard InChI is InChI=1S/C14H25F3N4O2/c1-10-8-20(5-6-21(10)9-14(15,16)17)12(23)18-7-11(22)19-13(2,3)4/h10H,5-9H2,1-4H3,(H,18,23)(H,19,22)/t10-/m0/s1. The van der Waals surface area contributed by atoms with E-state index in [2.05, 4.69) is 10.6 Å². The molecule has 0 spiro atoms. The third kappa shape index (κ3) is 7.54. The smallest absolute Gasteiger partial charge is 0.350 e. The number of nitrogens with zero attached hydrogens (tertiary/aromatic N) is 2. The summed E-state index contributed by atoms with van der Waals surface area (Å²) in [6.07, 6.45) is -4.25. The molecule has 0 saturated carbocycles. The van der Waals surface area contributed by atoms with E-state index in [1.165, 1.54) is 9.80 Å². The molecule has 134 valence electrons. The van der Waals surface area contributed by atoms with E-state index in [0.717, 1.165) is 0 Å². The lowest BCUT2D eigenvalue weighted by Gasteiger charge is -2.39. The molecule has 3 amide bonds. The SMILES string of the molecule is C[C@H]1CN(C(=O)NCC(=O)NC(C)(C)C)CCN1CC(F)(F)F. The van der Waals surface area contributed by atoms with Crippen LogP contribution >= 0.6 is 0 Å². The molecular formula is C14H25F3N4O2. The van der Waals surface area contributed by atoms with Gasteiger partial charge in [0.25, 0.3) is 0 Å².